The average Bonchev–Trinajstić information content (AvgIpc) is 2.60. The van der Waals surface area contributed by atoms with Gasteiger partial charge in [0.25, 0.3) is 0 Å². The number of aromatic hydroxyl groups is 1. The molecule has 0 spiro atoms. The van der Waals surface area contributed by atoms with Crippen LogP contribution in [0.1, 0.15) is 44.6 Å². The number of methoxy groups -OCH3 is 1. The van der Waals surface area contributed by atoms with Gasteiger partial charge in [-0.2, -0.15) is 0 Å². The summed E-state index contributed by atoms with van der Waals surface area (Å²) in [5.74, 6) is 0.380. The summed E-state index contributed by atoms with van der Waals surface area (Å²) in [7, 11) is 1.49. The van der Waals surface area contributed by atoms with Crippen LogP contribution in [-0.2, 0) is 11.4 Å². The van der Waals surface area contributed by atoms with E-state index in [1.165, 1.54) is 25.6 Å². The summed E-state index contributed by atoms with van der Waals surface area (Å²) in [5, 5.41) is 21.1. The normalized spacial score (nSPS) is 14.7. The van der Waals surface area contributed by atoms with Gasteiger partial charge in [0.05, 0.1) is 25.2 Å². The molecular weight excluding hydrogens is 390 g/mol. The van der Waals surface area contributed by atoms with Crippen LogP contribution in [0.4, 0.5) is 0 Å². The fourth-order valence-electron chi connectivity index (χ4n) is 2.10. The van der Waals surface area contributed by atoms with Gasteiger partial charge in [-0.05, 0) is 32.9 Å². The number of aliphatic hydroxyl groups excluding tert-OH is 1. The number of benzene rings is 1. The molecule has 0 aliphatic rings. The predicted molar refractivity (Wildman–Crippen MR) is 106 cm³/mol. The highest BCUT2D eigenvalue weighted by molar-refractivity contribution is 7.91. The SMILES string of the molecule is COc1ccc(/C(CC(O)c2cnc(Cl)cn2)=N/[S@@+]([O-])C(C)(C)C)c(O)c1. The second-order valence-electron chi connectivity index (χ2n) is 6.77. The summed E-state index contributed by atoms with van der Waals surface area (Å²) in [6, 6.07) is 4.69. The molecule has 146 valence electrons. The molecule has 1 aromatic heterocycles. The van der Waals surface area contributed by atoms with Gasteiger partial charge < -0.3 is 19.5 Å². The maximum absolute atomic E-state index is 12.5. The van der Waals surface area contributed by atoms with Crippen LogP contribution in [0, 0.1) is 0 Å². The van der Waals surface area contributed by atoms with Crippen molar-refractivity contribution >= 4 is 28.7 Å². The van der Waals surface area contributed by atoms with Crippen LogP contribution in [0.25, 0.3) is 0 Å². The van der Waals surface area contributed by atoms with Crippen molar-refractivity contribution in [3.8, 4) is 11.5 Å². The van der Waals surface area contributed by atoms with Crippen LogP contribution in [0.3, 0.4) is 0 Å². The fraction of sp³-hybridized carbons (Fsp3) is 0.389. The maximum Gasteiger partial charge on any atom is 0.147 e. The molecule has 9 heteroatoms. The highest BCUT2D eigenvalue weighted by atomic mass is 35.5. The Morgan fingerprint density at radius 1 is 1.33 bits per heavy atom. The quantitative estimate of drug-likeness (QED) is 0.557. The van der Waals surface area contributed by atoms with E-state index in [1.54, 1.807) is 32.9 Å². The summed E-state index contributed by atoms with van der Waals surface area (Å²) in [4.78, 5) is 7.94. The average molecular weight is 412 g/mol. The molecule has 27 heavy (non-hydrogen) atoms. The molecule has 2 N–H and O–H groups in total. The molecule has 0 fully saturated rings. The molecule has 0 radical (unpaired) electrons. The van der Waals surface area contributed by atoms with Crippen LogP contribution in [-0.4, -0.2) is 42.3 Å². The van der Waals surface area contributed by atoms with Gasteiger partial charge in [0.2, 0.25) is 0 Å². The van der Waals surface area contributed by atoms with Gasteiger partial charge in [-0.1, -0.05) is 16.0 Å². The third-order valence-electron chi connectivity index (χ3n) is 3.60. The Kier molecular flexibility index (Phi) is 7.05. The number of aromatic nitrogens is 2. The summed E-state index contributed by atoms with van der Waals surface area (Å²) in [5.41, 5.74) is 0.934. The lowest BCUT2D eigenvalue weighted by Gasteiger charge is -2.20. The highest BCUT2D eigenvalue weighted by Crippen LogP contribution is 2.29. The van der Waals surface area contributed by atoms with E-state index in [2.05, 4.69) is 14.4 Å². The monoisotopic (exact) mass is 411 g/mol. The minimum Gasteiger partial charge on any atom is -0.591 e. The lowest BCUT2D eigenvalue weighted by Crippen LogP contribution is -2.27. The zero-order valence-corrected chi connectivity index (χ0v) is 17.1. The first-order valence-corrected chi connectivity index (χ1v) is 9.62. The molecule has 0 amide bonds. The fourth-order valence-corrected chi connectivity index (χ4v) is 2.84. The predicted octanol–water partition coefficient (Wildman–Crippen LogP) is 3.22. The van der Waals surface area contributed by atoms with Crippen molar-refractivity contribution in [2.24, 2.45) is 4.40 Å². The van der Waals surface area contributed by atoms with E-state index in [0.717, 1.165) is 0 Å². The van der Waals surface area contributed by atoms with E-state index in [4.69, 9.17) is 16.3 Å². The number of rotatable bonds is 6. The van der Waals surface area contributed by atoms with Crippen molar-refractivity contribution in [2.75, 3.05) is 7.11 Å². The van der Waals surface area contributed by atoms with E-state index in [1.807, 2.05) is 0 Å². The topological polar surface area (TPSA) is 111 Å². The summed E-state index contributed by atoms with van der Waals surface area (Å²) < 4.78 is 21.3. The first kappa shape index (κ1) is 21.4. The maximum atomic E-state index is 12.5. The number of halogens is 1. The van der Waals surface area contributed by atoms with Gasteiger partial charge in [-0.15, -0.1) is 0 Å². The summed E-state index contributed by atoms with van der Waals surface area (Å²) in [6.45, 7) is 5.37. The molecule has 1 heterocycles. The Labute approximate surface area is 166 Å². The number of hydrogen-bond acceptors (Lipinski definition) is 7. The molecule has 2 atom stereocenters. The molecule has 1 unspecified atom stereocenters. The smallest absolute Gasteiger partial charge is 0.147 e. The third-order valence-corrected chi connectivity index (χ3v) is 5.23. The number of nitrogens with zero attached hydrogens (tertiary/aromatic N) is 3. The number of aliphatic hydroxyl groups is 1. The largest absolute Gasteiger partial charge is 0.591 e. The summed E-state index contributed by atoms with van der Waals surface area (Å²) in [6.07, 6.45) is 1.61. The second-order valence-corrected chi connectivity index (χ2v) is 9.06. The molecule has 0 aliphatic carbocycles. The number of hydrogen-bond donors (Lipinski definition) is 2. The van der Waals surface area contributed by atoms with Crippen molar-refractivity contribution in [1.82, 2.24) is 9.97 Å². The van der Waals surface area contributed by atoms with Crippen molar-refractivity contribution in [2.45, 2.75) is 38.0 Å². The minimum atomic E-state index is -1.58. The Balaban J connectivity index is 2.41. The van der Waals surface area contributed by atoms with Crippen LogP contribution in [0.5, 0.6) is 11.5 Å². The number of ether oxygens (including phenoxy) is 1. The van der Waals surface area contributed by atoms with Gasteiger partial charge in [0.15, 0.2) is 0 Å². The summed E-state index contributed by atoms with van der Waals surface area (Å²) >= 11 is 4.14. The second kappa shape index (κ2) is 8.88. The van der Waals surface area contributed by atoms with E-state index in [-0.39, 0.29) is 23.0 Å². The molecule has 1 aromatic carbocycles. The van der Waals surface area contributed by atoms with E-state index < -0.39 is 22.2 Å². The van der Waals surface area contributed by atoms with Crippen LogP contribution >= 0.6 is 11.6 Å². The molecular formula is C18H22ClN3O4S. The van der Waals surface area contributed by atoms with Gasteiger partial charge in [0.1, 0.15) is 44.6 Å². The van der Waals surface area contributed by atoms with E-state index >= 15 is 0 Å². The zero-order valence-electron chi connectivity index (χ0n) is 15.5. The highest BCUT2D eigenvalue weighted by Gasteiger charge is 2.29. The molecule has 0 saturated heterocycles. The Hall–Kier alpha value is -1.87. The van der Waals surface area contributed by atoms with Gasteiger partial charge in [-0.25, -0.2) is 4.98 Å². The van der Waals surface area contributed by atoms with E-state index in [9.17, 15) is 14.8 Å². The lowest BCUT2D eigenvalue weighted by molar-refractivity contribution is 0.181. The van der Waals surface area contributed by atoms with Crippen molar-refractivity contribution in [3.63, 3.8) is 0 Å². The van der Waals surface area contributed by atoms with E-state index in [0.29, 0.717) is 17.0 Å². The Morgan fingerprint density at radius 2 is 2.04 bits per heavy atom. The first-order valence-electron chi connectivity index (χ1n) is 8.14. The number of phenols is 1. The molecule has 0 bridgehead atoms. The first-order chi connectivity index (χ1) is 12.6. The molecule has 2 aromatic rings. The van der Waals surface area contributed by atoms with Gasteiger partial charge >= 0.3 is 0 Å². The Morgan fingerprint density at radius 3 is 2.56 bits per heavy atom. The molecule has 0 aliphatic heterocycles. The Bertz CT molecular complexity index is 809. The third kappa shape index (κ3) is 5.80. The molecule has 0 saturated carbocycles. The molecule has 2 rings (SSSR count). The minimum absolute atomic E-state index is 0.0159. The number of phenolic OH excluding ortho intramolecular Hbond substituents is 1. The van der Waals surface area contributed by atoms with Crippen molar-refractivity contribution in [1.29, 1.82) is 0 Å². The van der Waals surface area contributed by atoms with Crippen molar-refractivity contribution < 1.29 is 19.5 Å². The zero-order chi connectivity index (χ0) is 20.2. The van der Waals surface area contributed by atoms with Crippen LogP contribution in [0.2, 0.25) is 5.15 Å². The molecule has 7 nitrogen and oxygen atoms in total. The van der Waals surface area contributed by atoms with Crippen molar-refractivity contribution in [3.05, 3.63) is 47.0 Å². The van der Waals surface area contributed by atoms with Gasteiger partial charge in [0, 0.05) is 18.1 Å². The van der Waals surface area contributed by atoms with Crippen LogP contribution < -0.4 is 4.74 Å². The van der Waals surface area contributed by atoms with Gasteiger partial charge in [-0.3, -0.25) is 4.98 Å². The van der Waals surface area contributed by atoms with Crippen LogP contribution in [0.15, 0.2) is 35.0 Å². The lowest BCUT2D eigenvalue weighted by atomic mass is 10.0. The standard InChI is InChI=1S/C18H22ClN3O4S/c1-18(2,3)27(25)22-13(12-6-5-11(26-4)7-15(12)23)8-16(24)14-9-21-17(19)10-20-14/h5-7,9-10,16,23-24H,8H2,1-4H3/b22-13+/t16?,27-/m0/s1.